The Morgan fingerprint density at radius 1 is 1.13 bits per heavy atom. The summed E-state index contributed by atoms with van der Waals surface area (Å²) >= 11 is 12.3. The summed E-state index contributed by atoms with van der Waals surface area (Å²) in [4.78, 5) is 27.4. The summed E-state index contributed by atoms with van der Waals surface area (Å²) in [6.45, 7) is 4.59. The summed E-state index contributed by atoms with van der Waals surface area (Å²) in [7, 11) is 1.59. The highest BCUT2D eigenvalue weighted by Crippen LogP contribution is 2.24. The summed E-state index contributed by atoms with van der Waals surface area (Å²) < 4.78 is 5.17. The summed E-state index contributed by atoms with van der Waals surface area (Å²) in [6, 6.07) is 11.8. The Morgan fingerprint density at radius 2 is 1.83 bits per heavy atom. The van der Waals surface area contributed by atoms with Crippen LogP contribution in [0.3, 0.4) is 0 Å². The van der Waals surface area contributed by atoms with Crippen molar-refractivity contribution in [3.05, 3.63) is 63.6 Å². The van der Waals surface area contributed by atoms with Crippen molar-refractivity contribution in [2.45, 2.75) is 45.7 Å². The molecular formula is C23H28Cl2N2O3. The minimum absolute atomic E-state index is 0.163. The SMILES string of the molecule is CCCCNC(=O)C(C)N(Cc1ccc(Cl)cc1Cl)C(=O)Cc1ccc(OC)cc1. The Kier molecular flexibility index (Phi) is 9.47. The predicted molar refractivity (Wildman–Crippen MR) is 121 cm³/mol. The van der Waals surface area contributed by atoms with Gasteiger partial charge in [-0.2, -0.15) is 0 Å². The highest BCUT2D eigenvalue weighted by Gasteiger charge is 2.26. The summed E-state index contributed by atoms with van der Waals surface area (Å²) in [5, 5.41) is 3.88. The first-order valence-electron chi connectivity index (χ1n) is 9.99. The van der Waals surface area contributed by atoms with E-state index in [1.54, 1.807) is 37.1 Å². The van der Waals surface area contributed by atoms with Crippen LogP contribution in [0.15, 0.2) is 42.5 Å². The van der Waals surface area contributed by atoms with Gasteiger partial charge in [-0.25, -0.2) is 0 Å². The maximum Gasteiger partial charge on any atom is 0.242 e. The van der Waals surface area contributed by atoms with E-state index in [-0.39, 0.29) is 24.8 Å². The molecule has 2 rings (SSSR count). The average Bonchev–Trinajstić information content (AvgIpc) is 2.73. The molecule has 0 fully saturated rings. The number of hydrogen-bond acceptors (Lipinski definition) is 3. The van der Waals surface area contributed by atoms with Crippen molar-refractivity contribution in [3.63, 3.8) is 0 Å². The van der Waals surface area contributed by atoms with Gasteiger partial charge >= 0.3 is 0 Å². The van der Waals surface area contributed by atoms with Crippen molar-refractivity contribution in [3.8, 4) is 5.75 Å². The molecule has 0 spiro atoms. The van der Waals surface area contributed by atoms with Crippen molar-refractivity contribution in [1.82, 2.24) is 10.2 Å². The molecule has 0 saturated heterocycles. The van der Waals surface area contributed by atoms with E-state index < -0.39 is 6.04 Å². The molecule has 2 aromatic rings. The van der Waals surface area contributed by atoms with Crippen LogP contribution in [0, 0.1) is 0 Å². The zero-order valence-electron chi connectivity index (χ0n) is 17.6. The maximum atomic E-state index is 13.2. The molecule has 5 nitrogen and oxygen atoms in total. The Hall–Kier alpha value is -2.24. The third-order valence-electron chi connectivity index (χ3n) is 4.87. The summed E-state index contributed by atoms with van der Waals surface area (Å²) in [5.74, 6) is 0.376. The number of benzene rings is 2. The molecule has 0 radical (unpaired) electrons. The second kappa shape index (κ2) is 11.8. The summed E-state index contributed by atoms with van der Waals surface area (Å²) in [5.41, 5.74) is 1.57. The smallest absolute Gasteiger partial charge is 0.242 e. The first kappa shape index (κ1) is 24.0. The fourth-order valence-corrected chi connectivity index (χ4v) is 3.44. The number of rotatable bonds is 10. The van der Waals surface area contributed by atoms with Crippen LogP contribution in [-0.4, -0.2) is 36.4 Å². The topological polar surface area (TPSA) is 58.6 Å². The Labute approximate surface area is 188 Å². The zero-order chi connectivity index (χ0) is 22.1. The molecule has 0 aliphatic carbocycles. The van der Waals surface area contributed by atoms with Crippen LogP contribution in [0.4, 0.5) is 0 Å². The van der Waals surface area contributed by atoms with Gasteiger partial charge in [0, 0.05) is 23.1 Å². The van der Waals surface area contributed by atoms with E-state index in [1.165, 1.54) is 0 Å². The standard InChI is InChI=1S/C23H28Cl2N2O3/c1-4-5-12-26-23(29)16(2)27(15-18-8-9-19(24)14-21(18)25)22(28)13-17-6-10-20(30-3)11-7-17/h6-11,14,16H,4-5,12-13,15H2,1-3H3,(H,26,29). The molecule has 0 heterocycles. The molecule has 2 aromatic carbocycles. The highest BCUT2D eigenvalue weighted by molar-refractivity contribution is 6.35. The Bertz CT molecular complexity index is 856. The fraction of sp³-hybridized carbons (Fsp3) is 0.391. The van der Waals surface area contributed by atoms with Crippen LogP contribution in [0.2, 0.25) is 10.0 Å². The van der Waals surface area contributed by atoms with Crippen molar-refractivity contribution in [2.75, 3.05) is 13.7 Å². The van der Waals surface area contributed by atoms with Gasteiger partial charge in [0.15, 0.2) is 0 Å². The largest absolute Gasteiger partial charge is 0.497 e. The Balaban J connectivity index is 2.21. The minimum atomic E-state index is -0.639. The van der Waals surface area contributed by atoms with Crippen molar-refractivity contribution < 1.29 is 14.3 Å². The monoisotopic (exact) mass is 450 g/mol. The van der Waals surface area contributed by atoms with Crippen LogP contribution in [0.1, 0.15) is 37.8 Å². The van der Waals surface area contributed by atoms with E-state index in [0.29, 0.717) is 16.6 Å². The van der Waals surface area contributed by atoms with E-state index in [9.17, 15) is 9.59 Å². The number of halogens is 2. The van der Waals surface area contributed by atoms with Crippen LogP contribution < -0.4 is 10.1 Å². The van der Waals surface area contributed by atoms with Crippen LogP contribution in [0.5, 0.6) is 5.75 Å². The fourth-order valence-electron chi connectivity index (χ4n) is 2.97. The molecule has 2 amide bonds. The molecule has 0 aliphatic rings. The third kappa shape index (κ3) is 6.92. The van der Waals surface area contributed by atoms with Gasteiger partial charge in [-0.05, 0) is 48.7 Å². The quantitative estimate of drug-likeness (QED) is 0.524. The van der Waals surface area contributed by atoms with Gasteiger partial charge in [0.1, 0.15) is 11.8 Å². The number of nitrogens with zero attached hydrogens (tertiary/aromatic N) is 1. The molecule has 1 N–H and O–H groups in total. The van der Waals surface area contributed by atoms with E-state index >= 15 is 0 Å². The number of carbonyl (C=O) groups is 2. The van der Waals surface area contributed by atoms with E-state index in [1.807, 2.05) is 24.3 Å². The average molecular weight is 451 g/mol. The van der Waals surface area contributed by atoms with Gasteiger partial charge in [-0.1, -0.05) is 54.7 Å². The lowest BCUT2D eigenvalue weighted by Gasteiger charge is -2.29. The molecule has 162 valence electrons. The van der Waals surface area contributed by atoms with Gasteiger partial charge in [-0.3, -0.25) is 9.59 Å². The lowest BCUT2D eigenvalue weighted by Crippen LogP contribution is -2.48. The number of ether oxygens (including phenoxy) is 1. The van der Waals surface area contributed by atoms with Gasteiger partial charge in [-0.15, -0.1) is 0 Å². The van der Waals surface area contributed by atoms with Crippen molar-refractivity contribution in [1.29, 1.82) is 0 Å². The van der Waals surface area contributed by atoms with Crippen molar-refractivity contribution in [2.24, 2.45) is 0 Å². The first-order valence-corrected chi connectivity index (χ1v) is 10.7. The first-order chi connectivity index (χ1) is 14.3. The molecule has 0 saturated carbocycles. The minimum Gasteiger partial charge on any atom is -0.497 e. The normalized spacial score (nSPS) is 11.6. The van der Waals surface area contributed by atoms with Gasteiger partial charge in [0.25, 0.3) is 0 Å². The molecular weight excluding hydrogens is 423 g/mol. The van der Waals surface area contributed by atoms with Gasteiger partial charge in [0.05, 0.1) is 13.5 Å². The maximum absolute atomic E-state index is 13.2. The lowest BCUT2D eigenvalue weighted by molar-refractivity contribution is -0.140. The number of carbonyl (C=O) groups excluding carboxylic acids is 2. The predicted octanol–water partition coefficient (Wildman–Crippen LogP) is 4.88. The zero-order valence-corrected chi connectivity index (χ0v) is 19.1. The van der Waals surface area contributed by atoms with Gasteiger partial charge in [0.2, 0.25) is 11.8 Å². The Morgan fingerprint density at radius 3 is 2.43 bits per heavy atom. The van der Waals surface area contributed by atoms with Crippen LogP contribution >= 0.6 is 23.2 Å². The van der Waals surface area contributed by atoms with Crippen LogP contribution in [0.25, 0.3) is 0 Å². The molecule has 0 aromatic heterocycles. The molecule has 30 heavy (non-hydrogen) atoms. The lowest BCUT2D eigenvalue weighted by atomic mass is 10.1. The number of methoxy groups -OCH3 is 1. The second-order valence-electron chi connectivity index (χ2n) is 7.10. The van der Waals surface area contributed by atoms with Crippen molar-refractivity contribution >= 4 is 35.0 Å². The highest BCUT2D eigenvalue weighted by atomic mass is 35.5. The second-order valence-corrected chi connectivity index (χ2v) is 7.95. The third-order valence-corrected chi connectivity index (χ3v) is 5.45. The van der Waals surface area contributed by atoms with E-state index in [4.69, 9.17) is 27.9 Å². The summed E-state index contributed by atoms with van der Waals surface area (Å²) in [6.07, 6.45) is 2.04. The molecule has 0 aliphatic heterocycles. The number of unbranched alkanes of at least 4 members (excludes halogenated alkanes) is 1. The number of nitrogens with one attached hydrogen (secondary N) is 1. The molecule has 1 unspecified atom stereocenters. The molecule has 7 heteroatoms. The van der Waals surface area contributed by atoms with E-state index in [0.717, 1.165) is 29.7 Å². The van der Waals surface area contributed by atoms with E-state index in [2.05, 4.69) is 12.2 Å². The van der Waals surface area contributed by atoms with Crippen LogP contribution in [-0.2, 0) is 22.6 Å². The number of amides is 2. The van der Waals surface area contributed by atoms with Gasteiger partial charge < -0.3 is 15.0 Å². The molecule has 0 bridgehead atoms. The number of hydrogen-bond donors (Lipinski definition) is 1. The molecule has 1 atom stereocenters.